The first-order chi connectivity index (χ1) is 14.1. The van der Waals surface area contributed by atoms with Gasteiger partial charge in [0, 0.05) is 28.6 Å². The minimum Gasteiger partial charge on any atom is -0.497 e. The van der Waals surface area contributed by atoms with E-state index in [-0.39, 0.29) is 5.91 Å². The van der Waals surface area contributed by atoms with Crippen LogP contribution in [0.4, 0.5) is 5.13 Å². The van der Waals surface area contributed by atoms with Crippen molar-refractivity contribution >= 4 is 28.5 Å². The number of aromatic nitrogens is 1. The van der Waals surface area contributed by atoms with Gasteiger partial charge in [0.15, 0.2) is 5.13 Å². The van der Waals surface area contributed by atoms with E-state index in [9.17, 15) is 4.79 Å². The Balaban J connectivity index is 1.70. The predicted octanol–water partition coefficient (Wildman–Crippen LogP) is 4.88. The predicted molar refractivity (Wildman–Crippen MR) is 116 cm³/mol. The van der Waals surface area contributed by atoms with Gasteiger partial charge in [-0.15, -0.1) is 11.3 Å². The van der Waals surface area contributed by atoms with Crippen LogP contribution in [0.3, 0.4) is 0 Å². The van der Waals surface area contributed by atoms with E-state index in [4.69, 9.17) is 14.2 Å². The molecule has 0 aliphatic heterocycles. The van der Waals surface area contributed by atoms with Gasteiger partial charge in [0.2, 0.25) is 5.91 Å². The fourth-order valence-electron chi connectivity index (χ4n) is 2.68. The van der Waals surface area contributed by atoms with Crippen LogP contribution in [0, 0.1) is 0 Å². The SMILES string of the molecule is CCOc1ccccc1-c1csc(NC(=O)/C=C/c2ccc(OC)cc2OC)n1. The summed E-state index contributed by atoms with van der Waals surface area (Å²) in [5, 5.41) is 5.20. The van der Waals surface area contributed by atoms with Crippen LogP contribution < -0.4 is 19.5 Å². The summed E-state index contributed by atoms with van der Waals surface area (Å²) in [6, 6.07) is 13.1. The highest BCUT2D eigenvalue weighted by Crippen LogP contribution is 2.32. The number of hydrogen-bond acceptors (Lipinski definition) is 6. The summed E-state index contributed by atoms with van der Waals surface area (Å²) in [5.41, 5.74) is 2.42. The number of amides is 1. The van der Waals surface area contributed by atoms with E-state index in [1.165, 1.54) is 17.4 Å². The van der Waals surface area contributed by atoms with Gasteiger partial charge in [-0.25, -0.2) is 4.98 Å². The second-order valence-electron chi connectivity index (χ2n) is 5.90. The maximum absolute atomic E-state index is 12.3. The topological polar surface area (TPSA) is 69.7 Å². The molecular formula is C22H22N2O4S. The molecule has 0 aliphatic carbocycles. The Hall–Kier alpha value is -3.32. The first kappa shape index (κ1) is 20.4. The molecule has 150 valence electrons. The molecule has 0 atom stereocenters. The lowest BCUT2D eigenvalue weighted by Crippen LogP contribution is -2.07. The van der Waals surface area contributed by atoms with Gasteiger partial charge in [0.05, 0.1) is 26.5 Å². The Morgan fingerprint density at radius 1 is 1.14 bits per heavy atom. The number of carbonyl (C=O) groups is 1. The molecule has 0 spiro atoms. The average Bonchev–Trinajstić information content (AvgIpc) is 3.21. The molecule has 1 heterocycles. The molecule has 1 aromatic heterocycles. The number of para-hydroxylation sites is 1. The molecule has 0 radical (unpaired) electrons. The van der Waals surface area contributed by atoms with Crippen molar-refractivity contribution in [3.05, 3.63) is 59.5 Å². The molecule has 29 heavy (non-hydrogen) atoms. The lowest BCUT2D eigenvalue weighted by Gasteiger charge is -2.07. The number of rotatable bonds is 8. The van der Waals surface area contributed by atoms with E-state index in [0.29, 0.717) is 23.2 Å². The molecule has 0 unspecified atom stereocenters. The lowest BCUT2D eigenvalue weighted by molar-refractivity contribution is -0.111. The number of benzene rings is 2. The van der Waals surface area contributed by atoms with Crippen LogP contribution in [0.1, 0.15) is 12.5 Å². The van der Waals surface area contributed by atoms with Gasteiger partial charge in [-0.2, -0.15) is 0 Å². The Morgan fingerprint density at radius 2 is 1.97 bits per heavy atom. The molecule has 2 aromatic carbocycles. The van der Waals surface area contributed by atoms with Crippen LogP contribution in [0.15, 0.2) is 53.9 Å². The molecule has 0 saturated heterocycles. The Kier molecular flexibility index (Phi) is 6.86. The zero-order chi connectivity index (χ0) is 20.6. The molecule has 0 saturated carbocycles. The van der Waals surface area contributed by atoms with E-state index in [0.717, 1.165) is 22.6 Å². The smallest absolute Gasteiger partial charge is 0.250 e. The molecule has 1 N–H and O–H groups in total. The molecule has 0 bridgehead atoms. The Bertz CT molecular complexity index is 1010. The maximum atomic E-state index is 12.3. The zero-order valence-corrected chi connectivity index (χ0v) is 17.3. The van der Waals surface area contributed by atoms with Gasteiger partial charge in [-0.3, -0.25) is 10.1 Å². The number of methoxy groups -OCH3 is 2. The highest BCUT2D eigenvalue weighted by Gasteiger charge is 2.11. The largest absolute Gasteiger partial charge is 0.497 e. The van der Waals surface area contributed by atoms with Gasteiger partial charge in [0.1, 0.15) is 17.2 Å². The average molecular weight is 410 g/mol. The van der Waals surface area contributed by atoms with Gasteiger partial charge in [-0.05, 0) is 37.3 Å². The Labute approximate surface area is 173 Å². The third-order valence-electron chi connectivity index (χ3n) is 4.05. The second kappa shape index (κ2) is 9.75. The van der Waals surface area contributed by atoms with Crippen LogP contribution in [0.2, 0.25) is 0 Å². The van der Waals surface area contributed by atoms with Crippen LogP contribution in [-0.4, -0.2) is 31.7 Å². The molecule has 3 aromatic rings. The zero-order valence-electron chi connectivity index (χ0n) is 16.5. The van der Waals surface area contributed by atoms with E-state index in [1.807, 2.05) is 48.7 Å². The van der Waals surface area contributed by atoms with Crippen molar-refractivity contribution in [1.29, 1.82) is 0 Å². The van der Waals surface area contributed by atoms with Gasteiger partial charge in [-0.1, -0.05) is 12.1 Å². The molecule has 0 fully saturated rings. The molecule has 6 nitrogen and oxygen atoms in total. The number of thiazole rings is 1. The van der Waals surface area contributed by atoms with E-state index in [2.05, 4.69) is 10.3 Å². The van der Waals surface area contributed by atoms with Crippen LogP contribution in [-0.2, 0) is 4.79 Å². The van der Waals surface area contributed by atoms with Crippen molar-refractivity contribution in [3.8, 4) is 28.5 Å². The van der Waals surface area contributed by atoms with Crippen molar-refractivity contribution < 1.29 is 19.0 Å². The highest BCUT2D eigenvalue weighted by molar-refractivity contribution is 7.14. The summed E-state index contributed by atoms with van der Waals surface area (Å²) in [7, 11) is 3.16. The van der Waals surface area contributed by atoms with Crippen molar-refractivity contribution in [2.24, 2.45) is 0 Å². The minimum absolute atomic E-state index is 0.276. The monoisotopic (exact) mass is 410 g/mol. The van der Waals surface area contributed by atoms with Crippen molar-refractivity contribution in [2.75, 3.05) is 26.1 Å². The molecule has 0 aliphatic rings. The van der Waals surface area contributed by atoms with Crippen molar-refractivity contribution in [3.63, 3.8) is 0 Å². The van der Waals surface area contributed by atoms with Gasteiger partial charge in [0.25, 0.3) is 0 Å². The fourth-order valence-corrected chi connectivity index (χ4v) is 3.40. The number of hydrogen-bond donors (Lipinski definition) is 1. The number of ether oxygens (including phenoxy) is 3. The van der Waals surface area contributed by atoms with Crippen LogP contribution in [0.5, 0.6) is 17.2 Å². The normalized spacial score (nSPS) is 10.7. The minimum atomic E-state index is -0.276. The standard InChI is InChI=1S/C22H22N2O4S/c1-4-28-19-8-6-5-7-17(19)18-14-29-22(23-18)24-21(25)12-10-15-9-11-16(26-2)13-20(15)27-3/h5-14H,4H2,1-3H3,(H,23,24,25)/b12-10+. The first-order valence-electron chi connectivity index (χ1n) is 9.03. The first-order valence-corrected chi connectivity index (χ1v) is 9.91. The summed E-state index contributed by atoms with van der Waals surface area (Å²) in [6.07, 6.45) is 3.13. The van der Waals surface area contributed by atoms with E-state index in [1.54, 1.807) is 26.4 Å². The van der Waals surface area contributed by atoms with Gasteiger partial charge >= 0.3 is 0 Å². The van der Waals surface area contributed by atoms with Crippen molar-refractivity contribution in [1.82, 2.24) is 4.98 Å². The summed E-state index contributed by atoms with van der Waals surface area (Å²) in [5.74, 6) is 1.80. The third-order valence-corrected chi connectivity index (χ3v) is 4.81. The molecule has 3 rings (SSSR count). The summed E-state index contributed by atoms with van der Waals surface area (Å²) in [6.45, 7) is 2.51. The van der Waals surface area contributed by atoms with Crippen LogP contribution >= 0.6 is 11.3 Å². The second-order valence-corrected chi connectivity index (χ2v) is 6.76. The maximum Gasteiger partial charge on any atom is 0.250 e. The third kappa shape index (κ3) is 5.14. The van der Waals surface area contributed by atoms with Crippen LogP contribution in [0.25, 0.3) is 17.3 Å². The van der Waals surface area contributed by atoms with E-state index < -0.39 is 0 Å². The molecule has 1 amide bonds. The number of carbonyl (C=O) groups excluding carboxylic acids is 1. The van der Waals surface area contributed by atoms with Gasteiger partial charge < -0.3 is 14.2 Å². The lowest BCUT2D eigenvalue weighted by atomic mass is 10.1. The molecule has 7 heteroatoms. The summed E-state index contributed by atoms with van der Waals surface area (Å²) < 4.78 is 16.2. The van der Waals surface area contributed by atoms with E-state index >= 15 is 0 Å². The fraction of sp³-hybridized carbons (Fsp3) is 0.182. The quantitative estimate of drug-likeness (QED) is 0.536. The number of nitrogens with zero attached hydrogens (tertiary/aromatic N) is 1. The summed E-state index contributed by atoms with van der Waals surface area (Å²) in [4.78, 5) is 16.8. The molecular weight excluding hydrogens is 388 g/mol. The highest BCUT2D eigenvalue weighted by atomic mass is 32.1. The number of anilines is 1. The van der Waals surface area contributed by atoms with Crippen molar-refractivity contribution in [2.45, 2.75) is 6.92 Å². The Morgan fingerprint density at radius 3 is 2.72 bits per heavy atom. The number of nitrogens with one attached hydrogen (secondary N) is 1. The summed E-state index contributed by atoms with van der Waals surface area (Å²) >= 11 is 1.36.